The standard InChI is InChI=1S/C12H21N5O2/c1-3-5-13-9(2)11-15-16-12(19-11)17-7-4-6-14-10(18)8-17/h9,13H,3-8H2,1-2H3,(H,14,18). The first kappa shape index (κ1) is 13.8. The summed E-state index contributed by atoms with van der Waals surface area (Å²) in [6.45, 7) is 6.72. The average molecular weight is 267 g/mol. The van der Waals surface area contributed by atoms with Crippen LogP contribution in [0.3, 0.4) is 0 Å². The fourth-order valence-electron chi connectivity index (χ4n) is 1.95. The minimum atomic E-state index is -0.00518. The molecule has 1 aliphatic rings. The molecule has 1 atom stereocenters. The molecule has 106 valence electrons. The summed E-state index contributed by atoms with van der Waals surface area (Å²) >= 11 is 0. The first-order chi connectivity index (χ1) is 9.20. The molecule has 1 saturated heterocycles. The lowest BCUT2D eigenvalue weighted by atomic mass is 10.3. The summed E-state index contributed by atoms with van der Waals surface area (Å²) in [4.78, 5) is 13.3. The first-order valence-electron chi connectivity index (χ1n) is 6.79. The summed E-state index contributed by atoms with van der Waals surface area (Å²) in [6, 6.07) is 0.458. The minimum Gasteiger partial charge on any atom is -0.406 e. The van der Waals surface area contributed by atoms with E-state index in [4.69, 9.17) is 4.42 Å². The third-order valence-electron chi connectivity index (χ3n) is 3.03. The Morgan fingerprint density at radius 3 is 3.16 bits per heavy atom. The van der Waals surface area contributed by atoms with Gasteiger partial charge in [-0.25, -0.2) is 0 Å². The number of amides is 1. The van der Waals surface area contributed by atoms with Gasteiger partial charge in [0, 0.05) is 13.1 Å². The summed E-state index contributed by atoms with van der Waals surface area (Å²) in [5, 5.41) is 14.2. The molecule has 0 aromatic carbocycles. The molecule has 1 unspecified atom stereocenters. The zero-order valence-corrected chi connectivity index (χ0v) is 11.5. The van der Waals surface area contributed by atoms with Gasteiger partial charge in [-0.3, -0.25) is 4.79 Å². The van der Waals surface area contributed by atoms with Crippen LogP contribution in [-0.4, -0.2) is 42.3 Å². The Balaban J connectivity index is 2.01. The van der Waals surface area contributed by atoms with Crippen molar-refractivity contribution in [2.24, 2.45) is 0 Å². The van der Waals surface area contributed by atoms with Gasteiger partial charge >= 0.3 is 6.01 Å². The van der Waals surface area contributed by atoms with Crippen LogP contribution in [0, 0.1) is 0 Å². The van der Waals surface area contributed by atoms with E-state index in [1.54, 1.807) is 0 Å². The van der Waals surface area contributed by atoms with Crippen molar-refractivity contribution in [1.82, 2.24) is 20.8 Å². The molecular weight excluding hydrogens is 246 g/mol. The Labute approximate surface area is 112 Å². The molecule has 1 amide bonds. The van der Waals surface area contributed by atoms with Gasteiger partial charge in [0.25, 0.3) is 0 Å². The molecule has 2 heterocycles. The summed E-state index contributed by atoms with van der Waals surface area (Å²) in [7, 11) is 0. The Hall–Kier alpha value is -1.63. The van der Waals surface area contributed by atoms with Crippen molar-refractivity contribution in [3.8, 4) is 0 Å². The van der Waals surface area contributed by atoms with Gasteiger partial charge in [0.1, 0.15) is 6.54 Å². The molecule has 19 heavy (non-hydrogen) atoms. The number of anilines is 1. The maximum Gasteiger partial charge on any atom is 0.318 e. The van der Waals surface area contributed by atoms with Crippen LogP contribution in [0.5, 0.6) is 0 Å². The topological polar surface area (TPSA) is 83.3 Å². The second-order valence-electron chi connectivity index (χ2n) is 4.72. The van der Waals surface area contributed by atoms with E-state index in [9.17, 15) is 4.79 Å². The Bertz CT molecular complexity index is 420. The van der Waals surface area contributed by atoms with E-state index in [0.717, 1.165) is 25.9 Å². The first-order valence-corrected chi connectivity index (χ1v) is 6.79. The molecule has 2 N–H and O–H groups in total. The molecule has 1 aromatic heterocycles. The molecule has 7 nitrogen and oxygen atoms in total. The number of hydrogen-bond acceptors (Lipinski definition) is 6. The van der Waals surface area contributed by atoms with Crippen LogP contribution in [-0.2, 0) is 4.79 Å². The Kier molecular flexibility index (Phi) is 4.73. The van der Waals surface area contributed by atoms with Crippen molar-refractivity contribution in [3.63, 3.8) is 0 Å². The summed E-state index contributed by atoms with van der Waals surface area (Å²) in [5.74, 6) is 0.558. The van der Waals surface area contributed by atoms with Crippen molar-refractivity contribution in [3.05, 3.63) is 5.89 Å². The van der Waals surface area contributed by atoms with Crippen LogP contribution in [0.2, 0.25) is 0 Å². The van der Waals surface area contributed by atoms with E-state index < -0.39 is 0 Å². The van der Waals surface area contributed by atoms with Gasteiger partial charge in [-0.15, -0.1) is 5.10 Å². The highest BCUT2D eigenvalue weighted by molar-refractivity contribution is 5.80. The van der Waals surface area contributed by atoms with Crippen molar-refractivity contribution < 1.29 is 9.21 Å². The lowest BCUT2D eigenvalue weighted by Crippen LogP contribution is -2.33. The molecular formula is C12H21N5O2. The van der Waals surface area contributed by atoms with Crippen LogP contribution >= 0.6 is 0 Å². The maximum absolute atomic E-state index is 11.5. The van der Waals surface area contributed by atoms with Gasteiger partial charge in [-0.05, 0) is 26.3 Å². The van der Waals surface area contributed by atoms with Gasteiger partial charge < -0.3 is 20.0 Å². The molecule has 0 saturated carbocycles. The quantitative estimate of drug-likeness (QED) is 0.806. The molecule has 2 rings (SSSR count). The number of nitrogens with one attached hydrogen (secondary N) is 2. The molecule has 0 radical (unpaired) electrons. The van der Waals surface area contributed by atoms with E-state index in [2.05, 4.69) is 27.8 Å². The van der Waals surface area contributed by atoms with Gasteiger partial charge in [0.05, 0.1) is 6.04 Å². The van der Waals surface area contributed by atoms with Crippen molar-refractivity contribution in [1.29, 1.82) is 0 Å². The van der Waals surface area contributed by atoms with E-state index in [1.165, 1.54) is 0 Å². The number of carbonyl (C=O) groups is 1. The zero-order valence-electron chi connectivity index (χ0n) is 11.5. The third kappa shape index (κ3) is 3.66. The van der Waals surface area contributed by atoms with Crippen molar-refractivity contribution >= 4 is 11.9 Å². The second kappa shape index (κ2) is 6.51. The van der Waals surface area contributed by atoms with Crippen LogP contribution in [0.1, 0.15) is 38.6 Å². The number of hydrogen-bond donors (Lipinski definition) is 2. The molecule has 7 heteroatoms. The van der Waals surface area contributed by atoms with Gasteiger partial charge in [0.15, 0.2) is 0 Å². The largest absolute Gasteiger partial charge is 0.406 e. The molecule has 0 spiro atoms. The maximum atomic E-state index is 11.5. The smallest absolute Gasteiger partial charge is 0.318 e. The highest BCUT2D eigenvalue weighted by Crippen LogP contribution is 2.17. The third-order valence-corrected chi connectivity index (χ3v) is 3.03. The van der Waals surface area contributed by atoms with E-state index >= 15 is 0 Å². The molecule has 1 aromatic rings. The molecule has 0 aliphatic carbocycles. The summed E-state index contributed by atoms with van der Waals surface area (Å²) in [6.07, 6.45) is 1.94. The van der Waals surface area contributed by atoms with Crippen LogP contribution < -0.4 is 15.5 Å². The average Bonchev–Trinajstić information content (AvgIpc) is 2.80. The molecule has 1 aliphatic heterocycles. The minimum absolute atomic E-state index is 0.00518. The second-order valence-corrected chi connectivity index (χ2v) is 4.72. The van der Waals surface area contributed by atoms with E-state index in [0.29, 0.717) is 18.5 Å². The zero-order chi connectivity index (χ0) is 13.7. The number of carbonyl (C=O) groups excluding carboxylic acids is 1. The highest BCUT2D eigenvalue weighted by Gasteiger charge is 2.21. The van der Waals surface area contributed by atoms with Gasteiger partial charge in [-0.1, -0.05) is 12.0 Å². The predicted octanol–water partition coefficient (Wildman–Crippen LogP) is 0.456. The molecule has 0 bridgehead atoms. The van der Waals surface area contributed by atoms with E-state index in [1.807, 2.05) is 11.8 Å². The number of rotatable bonds is 5. The lowest BCUT2D eigenvalue weighted by Gasteiger charge is -2.15. The fraction of sp³-hybridized carbons (Fsp3) is 0.750. The predicted molar refractivity (Wildman–Crippen MR) is 70.8 cm³/mol. The van der Waals surface area contributed by atoms with E-state index in [-0.39, 0.29) is 18.5 Å². The van der Waals surface area contributed by atoms with Crippen LogP contribution in [0.25, 0.3) is 0 Å². The highest BCUT2D eigenvalue weighted by atomic mass is 16.4. The SMILES string of the molecule is CCCNC(C)c1nnc(N2CCCNC(=O)C2)o1. The Morgan fingerprint density at radius 2 is 2.37 bits per heavy atom. The van der Waals surface area contributed by atoms with Crippen molar-refractivity contribution in [2.75, 3.05) is 31.1 Å². The fourth-order valence-corrected chi connectivity index (χ4v) is 1.95. The van der Waals surface area contributed by atoms with Gasteiger partial charge in [0.2, 0.25) is 11.8 Å². The van der Waals surface area contributed by atoms with Crippen LogP contribution in [0.15, 0.2) is 4.42 Å². The monoisotopic (exact) mass is 267 g/mol. The number of aromatic nitrogens is 2. The summed E-state index contributed by atoms with van der Waals surface area (Å²) < 4.78 is 5.65. The van der Waals surface area contributed by atoms with Gasteiger partial charge in [-0.2, -0.15) is 0 Å². The van der Waals surface area contributed by atoms with Crippen LogP contribution in [0.4, 0.5) is 6.01 Å². The number of nitrogens with zero attached hydrogens (tertiary/aromatic N) is 3. The van der Waals surface area contributed by atoms with Crippen molar-refractivity contribution in [2.45, 2.75) is 32.7 Å². The molecule has 1 fully saturated rings. The summed E-state index contributed by atoms with van der Waals surface area (Å²) in [5.41, 5.74) is 0. The normalized spacial score (nSPS) is 18.0. The Morgan fingerprint density at radius 1 is 1.53 bits per heavy atom. The lowest BCUT2D eigenvalue weighted by molar-refractivity contribution is -0.119.